The van der Waals surface area contributed by atoms with Crippen LogP contribution in [-0.2, 0) is 17.6 Å². The molecule has 7 heterocycles. The van der Waals surface area contributed by atoms with Crippen molar-refractivity contribution in [2.45, 2.75) is 65.6 Å². The molecule has 4 aromatic heterocycles. The van der Waals surface area contributed by atoms with E-state index in [1.807, 2.05) is 63.2 Å². The van der Waals surface area contributed by atoms with Gasteiger partial charge in [0, 0.05) is 73.6 Å². The van der Waals surface area contributed by atoms with E-state index in [-0.39, 0.29) is 17.3 Å². The molecule has 0 saturated carbocycles. The van der Waals surface area contributed by atoms with Crippen LogP contribution in [0.25, 0.3) is 33.5 Å². The van der Waals surface area contributed by atoms with Gasteiger partial charge in [0.25, 0.3) is 11.8 Å². The normalized spacial score (nSPS) is 16.6. The van der Waals surface area contributed by atoms with Crippen LogP contribution in [0.15, 0.2) is 65.5 Å². The topological polar surface area (TPSA) is 157 Å². The molecule has 1 saturated heterocycles. The van der Waals surface area contributed by atoms with Crippen LogP contribution in [-0.4, -0.2) is 69.3 Å². The van der Waals surface area contributed by atoms with E-state index in [1.54, 1.807) is 19.3 Å². The molecule has 0 atom stereocenters. The van der Waals surface area contributed by atoms with Crippen molar-refractivity contribution in [1.29, 1.82) is 0 Å². The van der Waals surface area contributed by atoms with Crippen LogP contribution < -0.4 is 25.0 Å². The zero-order valence-electron chi connectivity index (χ0n) is 32.3. The summed E-state index contributed by atoms with van der Waals surface area (Å²) in [7, 11) is 0. The highest BCUT2D eigenvalue weighted by Crippen LogP contribution is 2.44. The average Bonchev–Trinajstić information content (AvgIpc) is 3.92. The van der Waals surface area contributed by atoms with E-state index in [0.29, 0.717) is 83.5 Å². The van der Waals surface area contributed by atoms with E-state index < -0.39 is 11.5 Å². The Morgan fingerprint density at radius 2 is 1.50 bits per heavy atom. The van der Waals surface area contributed by atoms with Crippen molar-refractivity contribution in [2.24, 2.45) is 0 Å². The van der Waals surface area contributed by atoms with Crippen LogP contribution >= 0.6 is 0 Å². The van der Waals surface area contributed by atoms with Gasteiger partial charge in [-0.3, -0.25) is 19.6 Å². The second kappa shape index (κ2) is 13.2. The molecule has 13 nitrogen and oxygen atoms in total. The summed E-state index contributed by atoms with van der Waals surface area (Å²) in [5.74, 6) is 1.30. The minimum absolute atomic E-state index is 0.0979. The van der Waals surface area contributed by atoms with Gasteiger partial charge in [0.2, 0.25) is 5.76 Å². The van der Waals surface area contributed by atoms with Crippen molar-refractivity contribution in [2.75, 3.05) is 41.8 Å². The molecule has 6 aromatic rings. The Labute approximate surface area is 323 Å². The number of morpholine rings is 1. The summed E-state index contributed by atoms with van der Waals surface area (Å²) in [6.45, 7) is 14.4. The SMILES string of the molecule is Cc1ncc(C(=O)Nc2cc3c(cc2-c2cc(-c4[nH]c5cccnc5c4C(=O)Nc4cc5c(cc4N4CCOCC4)OC(C)(C)C5)c(C)cn2)OC(C)(C)C3)o1. The number of pyridine rings is 2. The minimum Gasteiger partial charge on any atom is -0.487 e. The summed E-state index contributed by atoms with van der Waals surface area (Å²) in [6, 6.07) is 13.6. The second-order valence-electron chi connectivity index (χ2n) is 16.0. The van der Waals surface area contributed by atoms with E-state index in [4.69, 9.17) is 23.6 Å². The van der Waals surface area contributed by atoms with Gasteiger partial charge in [-0.05, 0) is 76.6 Å². The van der Waals surface area contributed by atoms with Gasteiger partial charge in [-0.15, -0.1) is 0 Å². The van der Waals surface area contributed by atoms with Crippen molar-refractivity contribution in [1.82, 2.24) is 19.9 Å². The predicted molar refractivity (Wildman–Crippen MR) is 213 cm³/mol. The summed E-state index contributed by atoms with van der Waals surface area (Å²) in [6.07, 6.45) is 6.26. The fourth-order valence-electron chi connectivity index (χ4n) is 7.99. The Bertz CT molecular complexity index is 2560. The Kier molecular flexibility index (Phi) is 8.38. The number of anilines is 3. The van der Waals surface area contributed by atoms with Crippen LogP contribution in [0, 0.1) is 13.8 Å². The zero-order valence-corrected chi connectivity index (χ0v) is 32.3. The van der Waals surface area contributed by atoms with Crippen LogP contribution in [0.4, 0.5) is 17.1 Å². The van der Waals surface area contributed by atoms with E-state index in [2.05, 4.69) is 44.3 Å². The van der Waals surface area contributed by atoms with Crippen LogP contribution in [0.5, 0.6) is 11.5 Å². The molecule has 0 radical (unpaired) electrons. The number of benzene rings is 2. The van der Waals surface area contributed by atoms with Crippen molar-refractivity contribution in [3.63, 3.8) is 0 Å². The van der Waals surface area contributed by atoms with Gasteiger partial charge >= 0.3 is 0 Å². The largest absolute Gasteiger partial charge is 0.487 e. The first-order valence-electron chi connectivity index (χ1n) is 18.8. The van der Waals surface area contributed by atoms with Crippen molar-refractivity contribution in [3.05, 3.63) is 95.0 Å². The van der Waals surface area contributed by atoms with Gasteiger partial charge in [0.15, 0.2) is 5.89 Å². The lowest BCUT2D eigenvalue weighted by molar-refractivity contribution is 0.0993. The molecule has 286 valence electrons. The molecule has 0 bridgehead atoms. The summed E-state index contributed by atoms with van der Waals surface area (Å²) in [5.41, 5.74) is 8.41. The molecule has 0 unspecified atom stereocenters. The number of ether oxygens (including phenoxy) is 3. The number of nitrogens with zero attached hydrogens (tertiary/aromatic N) is 4. The lowest BCUT2D eigenvalue weighted by Crippen LogP contribution is -2.36. The number of aromatic amines is 1. The number of fused-ring (bicyclic) bond motifs is 3. The molecule has 0 spiro atoms. The molecule has 3 aliphatic rings. The quantitative estimate of drug-likeness (QED) is 0.148. The highest BCUT2D eigenvalue weighted by atomic mass is 16.5. The number of amides is 2. The predicted octanol–water partition coefficient (Wildman–Crippen LogP) is 7.66. The number of carbonyl (C=O) groups is 2. The van der Waals surface area contributed by atoms with Gasteiger partial charge < -0.3 is 39.1 Å². The second-order valence-corrected chi connectivity index (χ2v) is 16.0. The lowest BCUT2D eigenvalue weighted by atomic mass is 9.96. The van der Waals surface area contributed by atoms with E-state index in [1.165, 1.54) is 6.20 Å². The Morgan fingerprint density at radius 3 is 2.21 bits per heavy atom. The third-order valence-electron chi connectivity index (χ3n) is 10.5. The van der Waals surface area contributed by atoms with Gasteiger partial charge in [-0.2, -0.15) is 0 Å². The molecule has 9 rings (SSSR count). The molecule has 2 amide bonds. The third-order valence-corrected chi connectivity index (χ3v) is 10.5. The van der Waals surface area contributed by atoms with Gasteiger partial charge in [-0.25, -0.2) is 4.98 Å². The number of aromatic nitrogens is 4. The number of oxazole rings is 1. The van der Waals surface area contributed by atoms with Gasteiger partial charge in [0.05, 0.1) is 58.9 Å². The zero-order chi connectivity index (χ0) is 38.9. The van der Waals surface area contributed by atoms with E-state index in [0.717, 1.165) is 45.9 Å². The molecule has 13 heteroatoms. The monoisotopic (exact) mass is 753 g/mol. The Hall–Kier alpha value is -6.21. The summed E-state index contributed by atoms with van der Waals surface area (Å²) < 4.78 is 23.8. The van der Waals surface area contributed by atoms with E-state index >= 15 is 0 Å². The maximum Gasteiger partial charge on any atom is 0.293 e. The first-order chi connectivity index (χ1) is 26.8. The number of aryl methyl sites for hydroxylation is 2. The standard InChI is InChI=1S/C43H43N7O6/c1-23-21-46-30(28-17-34-25(19-42(3,4)55-34)14-31(28)48-40(51)36-22-45-24(2)54-36)16-27(23)38-37(39-29(47-38)8-7-9-44-39)41(52)49-32-15-26-20-43(5,6)56-35(26)18-33(32)50-10-12-53-13-11-50/h7-9,14-18,21-22,47H,10-13,19-20H2,1-6H3,(H,48,51)(H,49,52). The number of carbonyl (C=O) groups excluding carboxylic acids is 2. The Morgan fingerprint density at radius 1 is 0.804 bits per heavy atom. The lowest BCUT2D eigenvalue weighted by Gasteiger charge is -2.31. The van der Waals surface area contributed by atoms with Crippen LogP contribution in [0.1, 0.15) is 71.2 Å². The van der Waals surface area contributed by atoms with Crippen molar-refractivity contribution < 1.29 is 28.2 Å². The molecule has 3 N–H and O–H groups in total. The highest BCUT2D eigenvalue weighted by molar-refractivity contribution is 6.17. The summed E-state index contributed by atoms with van der Waals surface area (Å²) in [4.78, 5) is 47.5. The Balaban J connectivity index is 1.14. The van der Waals surface area contributed by atoms with Gasteiger partial charge in [0.1, 0.15) is 28.2 Å². The average molecular weight is 754 g/mol. The molecule has 56 heavy (non-hydrogen) atoms. The highest BCUT2D eigenvalue weighted by Gasteiger charge is 2.34. The fourth-order valence-corrected chi connectivity index (χ4v) is 7.99. The minimum atomic E-state index is -0.434. The molecule has 0 aliphatic carbocycles. The number of rotatable bonds is 7. The third kappa shape index (κ3) is 6.51. The summed E-state index contributed by atoms with van der Waals surface area (Å²) >= 11 is 0. The maximum absolute atomic E-state index is 14.8. The first kappa shape index (κ1) is 35.5. The number of H-pyrrole nitrogens is 1. The fraction of sp³-hybridized carbons (Fsp3) is 0.326. The molecular weight excluding hydrogens is 711 g/mol. The molecule has 2 aromatic carbocycles. The molecular formula is C43H43N7O6. The summed E-state index contributed by atoms with van der Waals surface area (Å²) in [5, 5.41) is 6.32. The van der Waals surface area contributed by atoms with Gasteiger partial charge in [-0.1, -0.05) is 0 Å². The maximum atomic E-state index is 14.8. The smallest absolute Gasteiger partial charge is 0.293 e. The number of hydrogen-bond acceptors (Lipinski definition) is 10. The van der Waals surface area contributed by atoms with Crippen LogP contribution in [0.2, 0.25) is 0 Å². The first-order valence-corrected chi connectivity index (χ1v) is 18.8. The van der Waals surface area contributed by atoms with Crippen LogP contribution in [0.3, 0.4) is 0 Å². The number of hydrogen-bond donors (Lipinski definition) is 3. The number of nitrogens with one attached hydrogen (secondary N) is 3. The molecule has 3 aliphatic heterocycles. The van der Waals surface area contributed by atoms with Crippen molar-refractivity contribution >= 4 is 39.9 Å². The molecule has 1 fully saturated rings. The van der Waals surface area contributed by atoms with Crippen molar-refractivity contribution in [3.8, 4) is 34.0 Å². The van der Waals surface area contributed by atoms with E-state index in [9.17, 15) is 9.59 Å².